The number of piperazine rings is 1. The summed E-state index contributed by atoms with van der Waals surface area (Å²) in [5.41, 5.74) is 3.14. The molecule has 1 amide bonds. The van der Waals surface area contributed by atoms with E-state index in [1.54, 1.807) is 26.4 Å². The highest BCUT2D eigenvalue weighted by molar-refractivity contribution is 6.30. The first-order valence-corrected chi connectivity index (χ1v) is 10.1. The zero-order chi connectivity index (χ0) is 20.8. The van der Waals surface area contributed by atoms with Crippen LogP contribution in [-0.4, -0.2) is 62.7 Å². The molecule has 1 saturated heterocycles. The fourth-order valence-electron chi connectivity index (χ4n) is 3.51. The molecule has 29 heavy (non-hydrogen) atoms. The number of nitrogens with one attached hydrogen (secondary N) is 1. The van der Waals surface area contributed by atoms with E-state index in [0.29, 0.717) is 11.6 Å². The van der Waals surface area contributed by atoms with E-state index < -0.39 is 0 Å². The van der Waals surface area contributed by atoms with E-state index in [1.165, 1.54) is 11.1 Å². The van der Waals surface area contributed by atoms with Crippen molar-refractivity contribution in [2.45, 2.75) is 13.5 Å². The van der Waals surface area contributed by atoms with Crippen LogP contribution < -0.4 is 14.8 Å². The molecular formula is C22H28ClN3O3. The number of benzene rings is 2. The Bertz CT molecular complexity index is 851. The molecule has 1 aliphatic heterocycles. The van der Waals surface area contributed by atoms with Gasteiger partial charge in [0.25, 0.3) is 0 Å². The van der Waals surface area contributed by atoms with Gasteiger partial charge in [-0.25, -0.2) is 0 Å². The van der Waals surface area contributed by atoms with Crippen LogP contribution in [0.2, 0.25) is 5.02 Å². The van der Waals surface area contributed by atoms with Gasteiger partial charge in [-0.3, -0.25) is 14.6 Å². The van der Waals surface area contributed by atoms with Crippen molar-refractivity contribution in [2.24, 2.45) is 0 Å². The molecule has 2 aromatic carbocycles. The number of nitrogens with zero attached hydrogens (tertiary/aromatic N) is 2. The number of ether oxygens (including phenoxy) is 2. The summed E-state index contributed by atoms with van der Waals surface area (Å²) in [5.74, 6) is 1.49. The van der Waals surface area contributed by atoms with Crippen molar-refractivity contribution in [3.8, 4) is 11.5 Å². The molecule has 0 bridgehead atoms. The normalized spacial score (nSPS) is 15.2. The van der Waals surface area contributed by atoms with Gasteiger partial charge in [0.05, 0.1) is 20.8 Å². The molecule has 156 valence electrons. The van der Waals surface area contributed by atoms with Crippen LogP contribution in [0.1, 0.15) is 11.1 Å². The van der Waals surface area contributed by atoms with E-state index in [4.69, 9.17) is 21.1 Å². The quantitative estimate of drug-likeness (QED) is 0.748. The van der Waals surface area contributed by atoms with Crippen LogP contribution in [0.25, 0.3) is 0 Å². The summed E-state index contributed by atoms with van der Waals surface area (Å²) < 4.78 is 10.8. The van der Waals surface area contributed by atoms with Gasteiger partial charge in [0.1, 0.15) is 0 Å². The Kier molecular flexibility index (Phi) is 7.36. The first-order valence-electron chi connectivity index (χ1n) is 9.70. The molecule has 0 aliphatic carbocycles. The van der Waals surface area contributed by atoms with E-state index in [2.05, 4.69) is 28.1 Å². The van der Waals surface area contributed by atoms with Crippen molar-refractivity contribution in [2.75, 3.05) is 52.3 Å². The molecule has 0 saturated carbocycles. The Morgan fingerprint density at radius 3 is 2.34 bits per heavy atom. The first-order chi connectivity index (χ1) is 14.0. The summed E-state index contributed by atoms with van der Waals surface area (Å²) in [4.78, 5) is 16.9. The van der Waals surface area contributed by atoms with E-state index in [9.17, 15) is 4.79 Å². The molecule has 0 atom stereocenters. The van der Waals surface area contributed by atoms with E-state index in [0.717, 1.165) is 49.9 Å². The Hall–Kier alpha value is -2.28. The van der Waals surface area contributed by atoms with E-state index in [-0.39, 0.29) is 5.91 Å². The van der Waals surface area contributed by atoms with Crippen molar-refractivity contribution in [3.63, 3.8) is 0 Å². The van der Waals surface area contributed by atoms with Crippen LogP contribution in [0, 0.1) is 6.92 Å². The third kappa shape index (κ3) is 5.85. The van der Waals surface area contributed by atoms with Crippen LogP contribution >= 0.6 is 11.6 Å². The van der Waals surface area contributed by atoms with Crippen LogP contribution in [0.15, 0.2) is 36.4 Å². The molecule has 2 aromatic rings. The maximum absolute atomic E-state index is 12.3. The number of carbonyl (C=O) groups is 1. The van der Waals surface area contributed by atoms with Gasteiger partial charge in [-0.1, -0.05) is 17.7 Å². The molecule has 1 heterocycles. The maximum atomic E-state index is 12.3. The summed E-state index contributed by atoms with van der Waals surface area (Å²) >= 11 is 5.97. The molecule has 6 nitrogen and oxygen atoms in total. The molecular weight excluding hydrogens is 390 g/mol. The van der Waals surface area contributed by atoms with Crippen molar-refractivity contribution in [3.05, 3.63) is 52.5 Å². The minimum Gasteiger partial charge on any atom is -0.493 e. The van der Waals surface area contributed by atoms with E-state index >= 15 is 0 Å². The van der Waals surface area contributed by atoms with Crippen molar-refractivity contribution < 1.29 is 14.3 Å². The number of hydrogen-bond donors (Lipinski definition) is 1. The lowest BCUT2D eigenvalue weighted by Gasteiger charge is -2.34. The average molecular weight is 418 g/mol. The maximum Gasteiger partial charge on any atom is 0.238 e. The summed E-state index contributed by atoms with van der Waals surface area (Å²) in [6.07, 6.45) is 0. The Balaban J connectivity index is 1.50. The largest absolute Gasteiger partial charge is 0.493 e. The van der Waals surface area contributed by atoms with E-state index in [1.807, 2.05) is 18.2 Å². The topological polar surface area (TPSA) is 54.0 Å². The fraction of sp³-hybridized carbons (Fsp3) is 0.409. The number of amides is 1. The molecule has 0 radical (unpaired) electrons. The number of aryl methyl sites for hydroxylation is 1. The second-order valence-corrected chi connectivity index (χ2v) is 7.68. The number of halogens is 1. The zero-order valence-electron chi connectivity index (χ0n) is 17.2. The smallest absolute Gasteiger partial charge is 0.238 e. The predicted molar refractivity (Wildman–Crippen MR) is 116 cm³/mol. The van der Waals surface area contributed by atoms with Crippen molar-refractivity contribution in [1.29, 1.82) is 0 Å². The van der Waals surface area contributed by atoms with Gasteiger partial charge in [0.15, 0.2) is 11.5 Å². The summed E-state index contributed by atoms with van der Waals surface area (Å²) in [7, 11) is 3.31. The third-order valence-electron chi connectivity index (χ3n) is 5.18. The standard InChI is InChI=1S/C22H28ClN3O3/c1-16-11-20(28-2)21(29-3)12-17(16)14-25-7-9-26(10-8-25)15-22(27)24-19-6-4-5-18(23)13-19/h4-6,11-13H,7-10,14-15H2,1-3H3,(H,24,27). The SMILES string of the molecule is COc1cc(C)c(CN2CCN(CC(=O)Nc3cccc(Cl)c3)CC2)cc1OC. The molecule has 1 aliphatic rings. The van der Waals surface area contributed by atoms with Crippen LogP contribution in [0.3, 0.4) is 0 Å². The van der Waals surface area contributed by atoms with Crippen molar-refractivity contribution >= 4 is 23.2 Å². The number of methoxy groups -OCH3 is 2. The predicted octanol–water partition coefficient (Wildman–Crippen LogP) is 3.42. The number of rotatable bonds is 7. The summed E-state index contributed by atoms with van der Waals surface area (Å²) in [5, 5.41) is 3.52. The van der Waals surface area contributed by atoms with Crippen molar-refractivity contribution in [1.82, 2.24) is 9.80 Å². The Labute approximate surface area is 177 Å². The number of anilines is 1. The van der Waals surface area contributed by atoms with Gasteiger partial charge >= 0.3 is 0 Å². The van der Waals surface area contributed by atoms with Crippen LogP contribution in [-0.2, 0) is 11.3 Å². The van der Waals surface area contributed by atoms with Gasteiger partial charge in [-0.05, 0) is 48.4 Å². The minimum atomic E-state index is -0.0172. The van der Waals surface area contributed by atoms with Gasteiger partial charge in [-0.2, -0.15) is 0 Å². The minimum absolute atomic E-state index is 0.0172. The number of carbonyl (C=O) groups excluding carboxylic acids is 1. The molecule has 0 aromatic heterocycles. The van der Waals surface area contributed by atoms with Gasteiger partial charge in [0, 0.05) is 43.4 Å². The average Bonchev–Trinajstić information content (AvgIpc) is 2.70. The van der Waals surface area contributed by atoms with Crippen LogP contribution in [0.4, 0.5) is 5.69 Å². The third-order valence-corrected chi connectivity index (χ3v) is 5.41. The Morgan fingerprint density at radius 2 is 1.69 bits per heavy atom. The lowest BCUT2D eigenvalue weighted by Crippen LogP contribution is -2.48. The second-order valence-electron chi connectivity index (χ2n) is 7.24. The molecule has 0 unspecified atom stereocenters. The van der Waals surface area contributed by atoms with Crippen LogP contribution in [0.5, 0.6) is 11.5 Å². The zero-order valence-corrected chi connectivity index (χ0v) is 18.0. The second kappa shape index (κ2) is 9.96. The molecule has 0 spiro atoms. The lowest BCUT2D eigenvalue weighted by atomic mass is 10.1. The molecule has 1 N–H and O–H groups in total. The molecule has 3 rings (SSSR count). The first kappa shape index (κ1) is 21.4. The highest BCUT2D eigenvalue weighted by Gasteiger charge is 2.20. The summed E-state index contributed by atoms with van der Waals surface area (Å²) in [6, 6.07) is 11.3. The number of hydrogen-bond acceptors (Lipinski definition) is 5. The monoisotopic (exact) mass is 417 g/mol. The van der Waals surface area contributed by atoms with Gasteiger partial charge < -0.3 is 14.8 Å². The highest BCUT2D eigenvalue weighted by atomic mass is 35.5. The lowest BCUT2D eigenvalue weighted by molar-refractivity contribution is -0.117. The molecule has 1 fully saturated rings. The Morgan fingerprint density at radius 1 is 1.03 bits per heavy atom. The molecule has 7 heteroatoms. The summed E-state index contributed by atoms with van der Waals surface area (Å²) in [6.45, 7) is 6.87. The fourth-order valence-corrected chi connectivity index (χ4v) is 3.70. The van der Waals surface area contributed by atoms with Gasteiger partial charge in [-0.15, -0.1) is 0 Å². The van der Waals surface area contributed by atoms with Gasteiger partial charge in [0.2, 0.25) is 5.91 Å². The highest BCUT2D eigenvalue weighted by Crippen LogP contribution is 2.31.